The first-order chi connectivity index (χ1) is 11.1. The lowest BCUT2D eigenvalue weighted by atomic mass is 10.2. The molecule has 124 valence electrons. The van der Waals surface area contributed by atoms with Crippen LogP contribution in [-0.2, 0) is 11.3 Å². The highest BCUT2D eigenvalue weighted by Crippen LogP contribution is 2.27. The van der Waals surface area contributed by atoms with Crippen molar-refractivity contribution < 1.29 is 14.3 Å². The van der Waals surface area contributed by atoms with Crippen LogP contribution in [0.25, 0.3) is 0 Å². The molecule has 0 fully saturated rings. The van der Waals surface area contributed by atoms with Gasteiger partial charge in [-0.15, -0.1) is 0 Å². The summed E-state index contributed by atoms with van der Waals surface area (Å²) >= 11 is 0. The smallest absolute Gasteiger partial charge is 0.222 e. The number of ether oxygens (including phenoxy) is 2. The third-order valence-corrected chi connectivity index (χ3v) is 3.47. The molecule has 1 N–H and O–H groups in total. The Kier molecular flexibility index (Phi) is 6.02. The van der Waals surface area contributed by atoms with E-state index < -0.39 is 0 Å². The third kappa shape index (κ3) is 4.74. The number of carbonyl (C=O) groups is 1. The van der Waals surface area contributed by atoms with Crippen LogP contribution in [0.4, 0.5) is 0 Å². The molecule has 1 unspecified atom stereocenters. The van der Waals surface area contributed by atoms with E-state index in [1.54, 1.807) is 18.0 Å². The highest BCUT2D eigenvalue weighted by atomic mass is 16.5. The zero-order valence-corrected chi connectivity index (χ0v) is 13.8. The molecule has 0 spiro atoms. The summed E-state index contributed by atoms with van der Waals surface area (Å²) in [5, 5.41) is 7.06. The van der Waals surface area contributed by atoms with E-state index in [0.29, 0.717) is 31.1 Å². The van der Waals surface area contributed by atoms with Crippen molar-refractivity contribution in [3.63, 3.8) is 0 Å². The molecule has 1 aromatic heterocycles. The second-order valence-corrected chi connectivity index (χ2v) is 5.23. The Morgan fingerprint density at radius 3 is 2.87 bits per heavy atom. The number of nitrogens with one attached hydrogen (secondary N) is 1. The lowest BCUT2D eigenvalue weighted by Crippen LogP contribution is -2.25. The summed E-state index contributed by atoms with van der Waals surface area (Å²) in [5.41, 5.74) is 0.963. The zero-order valence-electron chi connectivity index (χ0n) is 13.8. The molecule has 0 bridgehead atoms. The molecule has 0 aliphatic heterocycles. The van der Waals surface area contributed by atoms with Gasteiger partial charge in [-0.2, -0.15) is 5.10 Å². The lowest BCUT2D eigenvalue weighted by molar-refractivity contribution is -0.122. The third-order valence-electron chi connectivity index (χ3n) is 3.47. The predicted octanol–water partition coefficient (Wildman–Crippen LogP) is 2.56. The summed E-state index contributed by atoms with van der Waals surface area (Å²) in [7, 11) is 1.60. The van der Waals surface area contributed by atoms with E-state index in [4.69, 9.17) is 9.47 Å². The molecule has 0 radical (unpaired) electrons. The maximum Gasteiger partial charge on any atom is 0.222 e. The molecule has 23 heavy (non-hydrogen) atoms. The minimum atomic E-state index is -0.0131. The molecule has 1 aromatic carbocycles. The Balaban J connectivity index is 1.88. The first-order valence-corrected chi connectivity index (χ1v) is 7.69. The Morgan fingerprint density at radius 1 is 1.39 bits per heavy atom. The van der Waals surface area contributed by atoms with E-state index in [-0.39, 0.29) is 11.9 Å². The van der Waals surface area contributed by atoms with Crippen LogP contribution >= 0.6 is 0 Å². The second kappa shape index (κ2) is 8.22. The van der Waals surface area contributed by atoms with Crippen molar-refractivity contribution in [1.29, 1.82) is 0 Å². The van der Waals surface area contributed by atoms with Crippen LogP contribution in [0, 0.1) is 0 Å². The molecule has 1 heterocycles. The first kappa shape index (κ1) is 16.9. The summed E-state index contributed by atoms with van der Waals surface area (Å²) < 4.78 is 12.6. The number of amides is 1. The van der Waals surface area contributed by atoms with Gasteiger partial charge in [0.2, 0.25) is 5.91 Å². The Bertz CT molecular complexity index is 626. The molecule has 6 heteroatoms. The van der Waals surface area contributed by atoms with Crippen LogP contribution in [0.5, 0.6) is 11.5 Å². The van der Waals surface area contributed by atoms with E-state index in [0.717, 1.165) is 5.56 Å². The first-order valence-electron chi connectivity index (χ1n) is 7.69. The van der Waals surface area contributed by atoms with Gasteiger partial charge >= 0.3 is 0 Å². The Morgan fingerprint density at radius 2 is 2.22 bits per heavy atom. The molecule has 6 nitrogen and oxygen atoms in total. The van der Waals surface area contributed by atoms with Crippen molar-refractivity contribution in [3.8, 4) is 11.5 Å². The van der Waals surface area contributed by atoms with Crippen molar-refractivity contribution in [2.45, 2.75) is 32.9 Å². The molecule has 1 amide bonds. The highest BCUT2D eigenvalue weighted by Gasteiger charge is 2.11. The van der Waals surface area contributed by atoms with Crippen LogP contribution in [-0.4, -0.2) is 29.4 Å². The van der Waals surface area contributed by atoms with E-state index in [2.05, 4.69) is 10.4 Å². The quantitative estimate of drug-likeness (QED) is 0.812. The fraction of sp³-hybridized carbons (Fsp3) is 0.412. The lowest BCUT2D eigenvalue weighted by Gasteiger charge is -2.13. The summed E-state index contributed by atoms with van der Waals surface area (Å²) in [6, 6.07) is 7.53. The second-order valence-electron chi connectivity index (χ2n) is 5.23. The van der Waals surface area contributed by atoms with Crippen LogP contribution < -0.4 is 14.8 Å². The Labute approximate surface area is 136 Å². The number of aromatic nitrogens is 2. The summed E-state index contributed by atoms with van der Waals surface area (Å²) in [6.45, 7) is 4.92. The number of rotatable bonds is 8. The highest BCUT2D eigenvalue weighted by molar-refractivity contribution is 5.76. The van der Waals surface area contributed by atoms with E-state index in [9.17, 15) is 4.79 Å². The largest absolute Gasteiger partial charge is 0.493 e. The molecule has 2 rings (SSSR count). The van der Waals surface area contributed by atoms with Gasteiger partial charge in [0.25, 0.3) is 0 Å². The van der Waals surface area contributed by atoms with Crippen molar-refractivity contribution in [1.82, 2.24) is 15.1 Å². The standard InChI is InChI=1S/C17H23N3O3/c1-4-23-15-7-6-14(11-16(15)22-3)12-18-17(21)10-13(2)20-9-5-8-19-20/h5-9,11,13H,4,10,12H2,1-3H3,(H,18,21). The Hall–Kier alpha value is -2.50. The summed E-state index contributed by atoms with van der Waals surface area (Å²) in [6.07, 6.45) is 3.95. The molecule has 0 saturated carbocycles. The fourth-order valence-corrected chi connectivity index (χ4v) is 2.27. The topological polar surface area (TPSA) is 65.4 Å². The molecule has 0 saturated heterocycles. The van der Waals surface area contributed by atoms with Gasteiger partial charge in [-0.1, -0.05) is 6.07 Å². The van der Waals surface area contributed by atoms with Crippen molar-refractivity contribution in [2.75, 3.05) is 13.7 Å². The zero-order chi connectivity index (χ0) is 16.7. The fourth-order valence-electron chi connectivity index (χ4n) is 2.27. The van der Waals surface area contributed by atoms with Gasteiger partial charge in [-0.05, 0) is 37.6 Å². The van der Waals surface area contributed by atoms with Crippen molar-refractivity contribution in [3.05, 3.63) is 42.2 Å². The van der Waals surface area contributed by atoms with Crippen LogP contribution in [0.3, 0.4) is 0 Å². The molecular weight excluding hydrogens is 294 g/mol. The van der Waals surface area contributed by atoms with Crippen LogP contribution in [0.15, 0.2) is 36.7 Å². The van der Waals surface area contributed by atoms with Gasteiger partial charge in [0, 0.05) is 25.4 Å². The van der Waals surface area contributed by atoms with Gasteiger partial charge in [-0.3, -0.25) is 9.48 Å². The SMILES string of the molecule is CCOc1ccc(CNC(=O)CC(C)n2cccn2)cc1OC. The van der Waals surface area contributed by atoms with Gasteiger partial charge in [0.1, 0.15) is 0 Å². The predicted molar refractivity (Wildman–Crippen MR) is 87.6 cm³/mol. The summed E-state index contributed by atoms with van der Waals surface area (Å²) in [5.74, 6) is 1.36. The van der Waals surface area contributed by atoms with Gasteiger partial charge in [0.05, 0.1) is 19.8 Å². The molecule has 0 aliphatic carbocycles. The molecule has 0 aliphatic rings. The minimum absolute atomic E-state index is 0.0131. The van der Waals surface area contributed by atoms with E-state index >= 15 is 0 Å². The molecular formula is C17H23N3O3. The van der Waals surface area contributed by atoms with Gasteiger partial charge in [0.15, 0.2) is 11.5 Å². The monoisotopic (exact) mass is 317 g/mol. The average Bonchev–Trinajstić information content (AvgIpc) is 3.08. The van der Waals surface area contributed by atoms with Gasteiger partial charge < -0.3 is 14.8 Å². The van der Waals surface area contributed by atoms with Crippen LogP contribution in [0.1, 0.15) is 31.9 Å². The number of nitrogens with zero attached hydrogens (tertiary/aromatic N) is 2. The number of methoxy groups -OCH3 is 1. The molecule has 1 atom stereocenters. The molecule has 2 aromatic rings. The van der Waals surface area contributed by atoms with Crippen LogP contribution in [0.2, 0.25) is 0 Å². The maximum absolute atomic E-state index is 12.0. The number of carbonyl (C=O) groups excluding carboxylic acids is 1. The van der Waals surface area contributed by atoms with Crippen molar-refractivity contribution >= 4 is 5.91 Å². The number of hydrogen-bond donors (Lipinski definition) is 1. The number of hydrogen-bond acceptors (Lipinski definition) is 4. The average molecular weight is 317 g/mol. The maximum atomic E-state index is 12.0. The van der Waals surface area contributed by atoms with E-state index in [1.807, 2.05) is 44.3 Å². The van der Waals surface area contributed by atoms with Gasteiger partial charge in [-0.25, -0.2) is 0 Å². The minimum Gasteiger partial charge on any atom is -0.493 e. The van der Waals surface area contributed by atoms with E-state index in [1.165, 1.54) is 0 Å². The van der Waals surface area contributed by atoms with Crippen molar-refractivity contribution in [2.24, 2.45) is 0 Å². The normalized spacial score (nSPS) is 11.8. The number of benzene rings is 1. The summed E-state index contributed by atoms with van der Waals surface area (Å²) in [4.78, 5) is 12.0.